The van der Waals surface area contributed by atoms with Crippen LogP contribution in [0.15, 0.2) is 22.2 Å². The van der Waals surface area contributed by atoms with E-state index in [1.54, 1.807) is 12.3 Å². The van der Waals surface area contributed by atoms with Crippen molar-refractivity contribution in [1.82, 2.24) is 14.5 Å². The molecule has 9 heteroatoms. The van der Waals surface area contributed by atoms with Crippen molar-refractivity contribution in [2.75, 3.05) is 18.6 Å². The van der Waals surface area contributed by atoms with Crippen molar-refractivity contribution in [3.63, 3.8) is 0 Å². The number of pyridine rings is 1. The van der Waals surface area contributed by atoms with E-state index in [1.807, 2.05) is 6.26 Å². The summed E-state index contributed by atoms with van der Waals surface area (Å²) in [6, 6.07) is 1.69. The Hall–Kier alpha value is -1.29. The minimum absolute atomic E-state index is 0.0959. The molecule has 0 fully saturated rings. The van der Waals surface area contributed by atoms with Crippen LogP contribution in [0.1, 0.15) is 12.0 Å². The second-order valence-corrected chi connectivity index (χ2v) is 6.44. The fourth-order valence-electron chi connectivity index (χ4n) is 2.15. The first-order valence-corrected chi connectivity index (χ1v) is 9.18. The van der Waals surface area contributed by atoms with Gasteiger partial charge < -0.3 is 9.66 Å². The summed E-state index contributed by atoms with van der Waals surface area (Å²) in [6.45, 7) is 0.177. The lowest BCUT2D eigenvalue weighted by Crippen LogP contribution is -2.26. The molecule has 0 aliphatic heterocycles. The molecule has 120 valence electrons. The van der Waals surface area contributed by atoms with Gasteiger partial charge in [0.05, 0.1) is 5.75 Å². The largest absolute Gasteiger partial charge is 0.396 e. The zero-order chi connectivity index (χ0) is 16.1. The SMILES string of the molecule is CSc1ncc2cc(CCO)c(=O)n(CCCS(=O)O)c2n1. The zero-order valence-electron chi connectivity index (χ0n) is 12.1. The number of aryl methyl sites for hydroxylation is 1. The number of aliphatic hydroxyl groups excluding tert-OH is 1. The Kier molecular flexibility index (Phi) is 6.07. The van der Waals surface area contributed by atoms with Crippen LogP contribution in [0.5, 0.6) is 0 Å². The molecule has 0 saturated carbocycles. The van der Waals surface area contributed by atoms with Crippen LogP contribution in [0.25, 0.3) is 11.0 Å². The Morgan fingerprint density at radius 1 is 1.45 bits per heavy atom. The quantitative estimate of drug-likeness (QED) is 0.432. The molecule has 2 aromatic rings. The highest BCUT2D eigenvalue weighted by Gasteiger charge is 2.12. The number of rotatable bonds is 7. The maximum Gasteiger partial charge on any atom is 0.255 e. The zero-order valence-corrected chi connectivity index (χ0v) is 13.7. The molecule has 0 radical (unpaired) electrons. The van der Waals surface area contributed by atoms with Gasteiger partial charge in [0.15, 0.2) is 16.2 Å². The summed E-state index contributed by atoms with van der Waals surface area (Å²) in [7, 11) is 0. The van der Waals surface area contributed by atoms with Gasteiger partial charge in [-0.25, -0.2) is 14.2 Å². The van der Waals surface area contributed by atoms with Crippen LogP contribution in [0.4, 0.5) is 0 Å². The third-order valence-electron chi connectivity index (χ3n) is 3.14. The highest BCUT2D eigenvalue weighted by molar-refractivity contribution is 7.98. The van der Waals surface area contributed by atoms with Crippen molar-refractivity contribution in [2.24, 2.45) is 0 Å². The van der Waals surface area contributed by atoms with Crippen molar-refractivity contribution < 1.29 is 13.9 Å². The van der Waals surface area contributed by atoms with Gasteiger partial charge in [-0.3, -0.25) is 9.36 Å². The van der Waals surface area contributed by atoms with Crippen molar-refractivity contribution in [1.29, 1.82) is 0 Å². The van der Waals surface area contributed by atoms with Crippen molar-refractivity contribution in [3.8, 4) is 0 Å². The molecular formula is C13H17N3O4S2. The lowest BCUT2D eigenvalue weighted by molar-refractivity contribution is 0.299. The number of fused-ring (bicyclic) bond motifs is 1. The molecule has 0 saturated heterocycles. The van der Waals surface area contributed by atoms with Crippen molar-refractivity contribution in [3.05, 3.63) is 28.2 Å². The maximum atomic E-state index is 12.5. The van der Waals surface area contributed by atoms with Crippen LogP contribution < -0.4 is 5.56 Å². The molecule has 0 amide bonds. The smallest absolute Gasteiger partial charge is 0.255 e. The number of thioether (sulfide) groups is 1. The second-order valence-electron chi connectivity index (χ2n) is 4.61. The predicted octanol–water partition coefficient (Wildman–Crippen LogP) is 0.660. The van der Waals surface area contributed by atoms with E-state index in [0.29, 0.717) is 34.7 Å². The molecule has 22 heavy (non-hydrogen) atoms. The molecule has 0 aliphatic carbocycles. The highest BCUT2D eigenvalue weighted by Crippen LogP contribution is 2.16. The maximum absolute atomic E-state index is 12.5. The van der Waals surface area contributed by atoms with Gasteiger partial charge in [0.2, 0.25) is 0 Å². The normalized spacial score (nSPS) is 12.7. The van der Waals surface area contributed by atoms with Gasteiger partial charge in [-0.15, -0.1) is 0 Å². The summed E-state index contributed by atoms with van der Waals surface area (Å²) >= 11 is -0.511. The van der Waals surface area contributed by atoms with E-state index in [4.69, 9.17) is 9.66 Å². The Morgan fingerprint density at radius 3 is 2.86 bits per heavy atom. The Morgan fingerprint density at radius 2 is 2.23 bits per heavy atom. The minimum Gasteiger partial charge on any atom is -0.396 e. The van der Waals surface area contributed by atoms with E-state index in [0.717, 1.165) is 0 Å². The predicted molar refractivity (Wildman–Crippen MR) is 86.6 cm³/mol. The van der Waals surface area contributed by atoms with Gasteiger partial charge in [0.25, 0.3) is 5.56 Å². The number of hydrogen-bond donors (Lipinski definition) is 2. The van der Waals surface area contributed by atoms with Crippen molar-refractivity contribution in [2.45, 2.75) is 24.5 Å². The molecule has 2 N–H and O–H groups in total. The summed E-state index contributed by atoms with van der Waals surface area (Å²) < 4.78 is 21.1. The van der Waals surface area contributed by atoms with E-state index >= 15 is 0 Å². The fourth-order valence-corrected chi connectivity index (χ4v) is 2.87. The van der Waals surface area contributed by atoms with E-state index in [9.17, 15) is 9.00 Å². The molecule has 0 aromatic carbocycles. The molecule has 2 heterocycles. The molecule has 0 spiro atoms. The Labute approximate surface area is 134 Å². The molecule has 1 atom stereocenters. The topological polar surface area (TPSA) is 105 Å². The Balaban J connectivity index is 2.53. The minimum atomic E-state index is -1.89. The highest BCUT2D eigenvalue weighted by atomic mass is 32.2. The monoisotopic (exact) mass is 343 g/mol. The van der Waals surface area contributed by atoms with Crippen LogP contribution in [-0.2, 0) is 24.0 Å². The molecule has 0 aliphatic rings. The van der Waals surface area contributed by atoms with Crippen LogP contribution in [-0.4, -0.2) is 47.0 Å². The number of hydrogen-bond acceptors (Lipinski definition) is 6. The van der Waals surface area contributed by atoms with Crippen LogP contribution in [0.3, 0.4) is 0 Å². The number of nitrogens with zero attached hydrogens (tertiary/aromatic N) is 3. The molecule has 0 bridgehead atoms. The van der Waals surface area contributed by atoms with E-state index in [2.05, 4.69) is 9.97 Å². The average molecular weight is 343 g/mol. The summed E-state index contributed by atoms with van der Waals surface area (Å²) in [6.07, 6.45) is 4.14. The summed E-state index contributed by atoms with van der Waals surface area (Å²) in [5.74, 6) is 0.0959. The second kappa shape index (κ2) is 7.82. The lowest BCUT2D eigenvalue weighted by atomic mass is 10.1. The van der Waals surface area contributed by atoms with Gasteiger partial charge in [-0.05, 0) is 18.7 Å². The first-order valence-electron chi connectivity index (χ1n) is 6.68. The molecule has 7 nitrogen and oxygen atoms in total. The first kappa shape index (κ1) is 17.1. The number of aromatic nitrogens is 3. The third-order valence-corrected chi connectivity index (χ3v) is 4.34. The first-order chi connectivity index (χ1) is 10.6. The fraction of sp³-hybridized carbons (Fsp3) is 0.462. The number of aliphatic hydroxyl groups is 1. The van der Waals surface area contributed by atoms with Gasteiger partial charge in [0, 0.05) is 36.7 Å². The van der Waals surface area contributed by atoms with Crippen molar-refractivity contribution >= 4 is 33.9 Å². The Bertz CT molecular complexity index is 748. The summed E-state index contributed by atoms with van der Waals surface area (Å²) in [4.78, 5) is 21.1. The van der Waals surface area contributed by atoms with E-state index in [1.165, 1.54) is 16.3 Å². The van der Waals surface area contributed by atoms with Gasteiger partial charge >= 0.3 is 0 Å². The van der Waals surface area contributed by atoms with Crippen LogP contribution in [0.2, 0.25) is 0 Å². The van der Waals surface area contributed by atoms with Crippen LogP contribution in [0, 0.1) is 0 Å². The average Bonchev–Trinajstić information content (AvgIpc) is 2.50. The molecular weight excluding hydrogens is 326 g/mol. The lowest BCUT2D eigenvalue weighted by Gasteiger charge is -2.12. The standard InChI is InChI=1S/C13H17N3O4S2/c1-21-13-14-8-10-7-9(3-5-17)12(18)16(11(10)15-13)4-2-6-22(19)20/h7-8,17H,2-6H2,1H3,(H,19,20). The summed E-state index contributed by atoms with van der Waals surface area (Å²) in [5, 5.41) is 10.4. The molecule has 1 unspecified atom stereocenters. The molecule has 2 aromatic heterocycles. The van der Waals surface area contributed by atoms with E-state index < -0.39 is 11.1 Å². The van der Waals surface area contributed by atoms with E-state index in [-0.39, 0.29) is 24.3 Å². The van der Waals surface area contributed by atoms with Gasteiger partial charge in [-0.1, -0.05) is 11.8 Å². The third kappa shape index (κ3) is 3.92. The molecule has 2 rings (SSSR count). The van der Waals surface area contributed by atoms with Gasteiger partial charge in [0.1, 0.15) is 5.65 Å². The van der Waals surface area contributed by atoms with Crippen LogP contribution >= 0.6 is 11.8 Å². The van der Waals surface area contributed by atoms with Gasteiger partial charge in [-0.2, -0.15) is 0 Å². The summed E-state index contributed by atoms with van der Waals surface area (Å²) in [5.41, 5.74) is 0.770.